The highest BCUT2D eigenvalue weighted by atomic mass is 16.5. The summed E-state index contributed by atoms with van der Waals surface area (Å²) in [5.74, 6) is -0.607. The molecule has 6 heteroatoms. The Morgan fingerprint density at radius 1 is 1.56 bits per heavy atom. The average molecular weight is 247 g/mol. The summed E-state index contributed by atoms with van der Waals surface area (Å²) >= 11 is 0. The van der Waals surface area contributed by atoms with Crippen molar-refractivity contribution in [3.63, 3.8) is 0 Å². The summed E-state index contributed by atoms with van der Waals surface area (Å²) in [6, 6.07) is 4.56. The van der Waals surface area contributed by atoms with Crippen LogP contribution in [0.4, 0.5) is 5.69 Å². The third-order valence-corrected chi connectivity index (χ3v) is 2.42. The number of nitrogens with two attached hydrogens (primary N) is 1. The number of hydrogen-bond acceptors (Lipinski definition) is 4. The second kappa shape index (κ2) is 4.79. The fourth-order valence-electron chi connectivity index (χ4n) is 1.52. The van der Waals surface area contributed by atoms with Gasteiger partial charge in [0.25, 0.3) is 0 Å². The van der Waals surface area contributed by atoms with Crippen molar-refractivity contribution in [1.82, 2.24) is 9.78 Å². The van der Waals surface area contributed by atoms with Gasteiger partial charge in [0.15, 0.2) is 0 Å². The predicted octanol–water partition coefficient (Wildman–Crippen LogP) is 1.28. The number of hydrogen-bond donors (Lipinski definition) is 2. The van der Waals surface area contributed by atoms with E-state index in [2.05, 4.69) is 5.10 Å². The van der Waals surface area contributed by atoms with Crippen molar-refractivity contribution in [2.24, 2.45) is 7.05 Å². The third-order valence-electron chi connectivity index (χ3n) is 2.42. The molecule has 3 N–H and O–H groups in total. The second-order valence-electron chi connectivity index (χ2n) is 3.87. The van der Waals surface area contributed by atoms with Gasteiger partial charge in [-0.15, -0.1) is 0 Å². The van der Waals surface area contributed by atoms with Crippen LogP contribution in [0.2, 0.25) is 0 Å². The normalized spacial score (nSPS) is 10.3. The molecule has 2 rings (SSSR count). The molecule has 1 aromatic carbocycles. The molecule has 0 unspecified atom stereocenters. The first-order chi connectivity index (χ1) is 8.56. The van der Waals surface area contributed by atoms with Crippen molar-refractivity contribution in [2.45, 2.75) is 6.61 Å². The van der Waals surface area contributed by atoms with Crippen molar-refractivity contribution in [3.05, 3.63) is 41.7 Å². The number of rotatable bonds is 4. The topological polar surface area (TPSA) is 90.4 Å². The van der Waals surface area contributed by atoms with Gasteiger partial charge in [-0.2, -0.15) is 5.10 Å². The van der Waals surface area contributed by atoms with Crippen molar-refractivity contribution >= 4 is 11.7 Å². The minimum absolute atomic E-state index is 0.0405. The Kier molecular flexibility index (Phi) is 3.18. The zero-order chi connectivity index (χ0) is 13.1. The Hall–Kier alpha value is -2.50. The number of aromatic nitrogens is 2. The number of benzene rings is 1. The van der Waals surface area contributed by atoms with Crippen LogP contribution in [-0.4, -0.2) is 20.9 Å². The zero-order valence-electron chi connectivity index (χ0n) is 9.83. The summed E-state index contributed by atoms with van der Waals surface area (Å²) in [5.41, 5.74) is 6.72. The van der Waals surface area contributed by atoms with Crippen molar-refractivity contribution < 1.29 is 14.6 Å². The number of carboxylic acid groups (broad SMARTS) is 1. The predicted molar refractivity (Wildman–Crippen MR) is 65.4 cm³/mol. The maximum atomic E-state index is 10.9. The molecular weight excluding hydrogens is 234 g/mol. The number of carbonyl (C=O) groups is 1. The van der Waals surface area contributed by atoms with Gasteiger partial charge >= 0.3 is 5.97 Å². The summed E-state index contributed by atoms with van der Waals surface area (Å²) in [6.07, 6.45) is 3.52. The molecule has 0 amide bonds. The van der Waals surface area contributed by atoms with Gasteiger partial charge in [-0.25, -0.2) is 4.79 Å². The molecule has 6 nitrogen and oxygen atoms in total. The van der Waals surface area contributed by atoms with Gasteiger partial charge in [0, 0.05) is 24.5 Å². The molecule has 0 aliphatic carbocycles. The van der Waals surface area contributed by atoms with Crippen molar-refractivity contribution in [1.29, 1.82) is 0 Å². The molecular formula is C12H13N3O3. The Balaban J connectivity index is 2.10. The molecule has 1 aromatic heterocycles. The smallest absolute Gasteiger partial charge is 0.337 e. The first-order valence-electron chi connectivity index (χ1n) is 5.29. The first-order valence-corrected chi connectivity index (χ1v) is 5.29. The van der Waals surface area contributed by atoms with E-state index < -0.39 is 5.97 Å². The van der Waals surface area contributed by atoms with Crippen LogP contribution >= 0.6 is 0 Å². The average Bonchev–Trinajstić information content (AvgIpc) is 2.74. The quantitative estimate of drug-likeness (QED) is 0.794. The highest BCUT2D eigenvalue weighted by Gasteiger charge is 2.09. The Morgan fingerprint density at radius 3 is 2.94 bits per heavy atom. The van der Waals surface area contributed by atoms with Gasteiger partial charge in [-0.1, -0.05) is 0 Å². The molecule has 0 atom stereocenters. The molecule has 0 saturated carbocycles. The Bertz CT molecular complexity index is 578. The lowest BCUT2D eigenvalue weighted by atomic mass is 10.2. The van der Waals surface area contributed by atoms with Crippen LogP contribution in [-0.2, 0) is 13.7 Å². The third kappa shape index (κ3) is 2.60. The highest BCUT2D eigenvalue weighted by molar-refractivity contribution is 5.94. The van der Waals surface area contributed by atoms with Crippen LogP contribution in [0, 0.1) is 0 Å². The van der Waals surface area contributed by atoms with Crippen LogP contribution in [0.1, 0.15) is 15.9 Å². The number of carboxylic acids is 1. The Labute approximate surface area is 104 Å². The van der Waals surface area contributed by atoms with Gasteiger partial charge in [-0.3, -0.25) is 4.68 Å². The summed E-state index contributed by atoms with van der Waals surface area (Å²) in [4.78, 5) is 10.9. The SMILES string of the molecule is Cn1cc(COc2ccc(N)c(C(=O)O)c2)cn1. The highest BCUT2D eigenvalue weighted by Crippen LogP contribution is 2.20. The van der Waals surface area contributed by atoms with Crippen LogP contribution in [0.15, 0.2) is 30.6 Å². The fraction of sp³-hybridized carbons (Fsp3) is 0.167. The molecule has 0 aliphatic rings. The Morgan fingerprint density at radius 2 is 2.33 bits per heavy atom. The van der Waals surface area contributed by atoms with Crippen LogP contribution < -0.4 is 10.5 Å². The van der Waals surface area contributed by atoms with Crippen molar-refractivity contribution in [3.8, 4) is 5.75 Å². The fourth-order valence-corrected chi connectivity index (χ4v) is 1.52. The monoisotopic (exact) mass is 247 g/mol. The molecule has 0 bridgehead atoms. The standard InChI is InChI=1S/C12H13N3O3/c1-15-6-8(5-14-15)7-18-9-2-3-11(13)10(4-9)12(16)17/h2-6H,7,13H2,1H3,(H,16,17). The maximum absolute atomic E-state index is 10.9. The van der Waals surface area contributed by atoms with E-state index in [9.17, 15) is 4.79 Å². The van der Waals surface area contributed by atoms with Crippen LogP contribution in [0.25, 0.3) is 0 Å². The largest absolute Gasteiger partial charge is 0.489 e. The number of nitrogens with zero attached hydrogens (tertiary/aromatic N) is 2. The number of ether oxygens (including phenoxy) is 1. The van der Waals surface area contributed by atoms with E-state index in [4.69, 9.17) is 15.6 Å². The molecule has 1 heterocycles. The van der Waals surface area contributed by atoms with E-state index in [0.717, 1.165) is 5.56 Å². The number of aryl methyl sites for hydroxylation is 1. The maximum Gasteiger partial charge on any atom is 0.337 e. The summed E-state index contributed by atoms with van der Waals surface area (Å²) < 4.78 is 7.15. The molecule has 18 heavy (non-hydrogen) atoms. The lowest BCUT2D eigenvalue weighted by Gasteiger charge is -2.07. The number of anilines is 1. The minimum Gasteiger partial charge on any atom is -0.489 e. The van der Waals surface area contributed by atoms with E-state index in [0.29, 0.717) is 12.4 Å². The second-order valence-corrected chi connectivity index (χ2v) is 3.87. The van der Waals surface area contributed by atoms with E-state index in [1.165, 1.54) is 12.1 Å². The van der Waals surface area contributed by atoms with Gasteiger partial charge in [-0.05, 0) is 18.2 Å². The molecule has 0 saturated heterocycles. The van der Waals surface area contributed by atoms with E-state index in [-0.39, 0.29) is 11.3 Å². The number of nitrogen functional groups attached to an aromatic ring is 1. The summed E-state index contributed by atoms with van der Waals surface area (Å²) in [7, 11) is 1.81. The minimum atomic E-state index is -1.07. The van der Waals surface area contributed by atoms with Gasteiger partial charge in [0.2, 0.25) is 0 Å². The van der Waals surface area contributed by atoms with E-state index in [1.807, 2.05) is 13.2 Å². The molecule has 0 fully saturated rings. The van der Waals surface area contributed by atoms with Gasteiger partial charge < -0.3 is 15.6 Å². The lowest BCUT2D eigenvalue weighted by molar-refractivity contribution is 0.0697. The first kappa shape index (κ1) is 12.0. The molecule has 94 valence electrons. The molecule has 2 aromatic rings. The van der Waals surface area contributed by atoms with Crippen molar-refractivity contribution in [2.75, 3.05) is 5.73 Å². The molecule has 0 radical (unpaired) electrons. The summed E-state index contributed by atoms with van der Waals surface area (Å²) in [5, 5.41) is 12.9. The van der Waals surface area contributed by atoms with Gasteiger partial charge in [0.1, 0.15) is 12.4 Å². The molecule has 0 spiro atoms. The van der Waals surface area contributed by atoms with E-state index >= 15 is 0 Å². The molecule has 0 aliphatic heterocycles. The number of aromatic carboxylic acids is 1. The summed E-state index contributed by atoms with van der Waals surface area (Å²) in [6.45, 7) is 0.330. The van der Waals surface area contributed by atoms with Crippen LogP contribution in [0.5, 0.6) is 5.75 Å². The van der Waals surface area contributed by atoms with E-state index in [1.54, 1.807) is 16.9 Å². The lowest BCUT2D eigenvalue weighted by Crippen LogP contribution is -2.03. The zero-order valence-corrected chi connectivity index (χ0v) is 9.83. The van der Waals surface area contributed by atoms with Gasteiger partial charge in [0.05, 0.1) is 11.8 Å². The van der Waals surface area contributed by atoms with Crippen LogP contribution in [0.3, 0.4) is 0 Å².